The molecule has 2 amide bonds. The predicted molar refractivity (Wildman–Crippen MR) is 64.4 cm³/mol. The molecule has 4 heteroatoms. The summed E-state index contributed by atoms with van der Waals surface area (Å²) in [5.74, 6) is 0. The lowest BCUT2D eigenvalue weighted by Gasteiger charge is -2.39. The first kappa shape index (κ1) is 13.0. The van der Waals surface area contributed by atoms with Crippen LogP contribution in [0.2, 0.25) is 0 Å². The summed E-state index contributed by atoms with van der Waals surface area (Å²) in [5, 5.41) is 0. The van der Waals surface area contributed by atoms with E-state index in [0.29, 0.717) is 32.8 Å². The second-order valence-electron chi connectivity index (χ2n) is 4.95. The van der Waals surface area contributed by atoms with Gasteiger partial charge in [-0.05, 0) is 20.8 Å². The minimum atomic E-state index is -0.177. The van der Waals surface area contributed by atoms with Crippen LogP contribution < -0.4 is 0 Å². The van der Waals surface area contributed by atoms with Crippen LogP contribution in [0.15, 0.2) is 12.7 Å². The molecule has 0 saturated carbocycles. The van der Waals surface area contributed by atoms with Gasteiger partial charge in [-0.2, -0.15) is 0 Å². The SMILES string of the molecule is C=CCN(C(=O)N1CCOCC1)C(C)(C)C. The summed E-state index contributed by atoms with van der Waals surface area (Å²) < 4.78 is 5.24. The zero-order chi connectivity index (χ0) is 12.2. The van der Waals surface area contributed by atoms with Crippen molar-refractivity contribution in [3.63, 3.8) is 0 Å². The van der Waals surface area contributed by atoms with Crippen molar-refractivity contribution >= 4 is 6.03 Å². The number of ether oxygens (including phenoxy) is 1. The number of hydrogen-bond donors (Lipinski definition) is 0. The van der Waals surface area contributed by atoms with Gasteiger partial charge in [0.1, 0.15) is 0 Å². The lowest BCUT2D eigenvalue weighted by Crippen LogP contribution is -2.54. The van der Waals surface area contributed by atoms with Gasteiger partial charge in [-0.15, -0.1) is 6.58 Å². The van der Waals surface area contributed by atoms with Crippen molar-refractivity contribution < 1.29 is 9.53 Å². The van der Waals surface area contributed by atoms with E-state index in [2.05, 4.69) is 6.58 Å². The Kier molecular flexibility index (Phi) is 4.35. The van der Waals surface area contributed by atoms with Crippen LogP contribution in [0.1, 0.15) is 20.8 Å². The summed E-state index contributed by atoms with van der Waals surface area (Å²) in [6.07, 6.45) is 1.77. The minimum absolute atomic E-state index is 0.0794. The minimum Gasteiger partial charge on any atom is -0.378 e. The number of morpholine rings is 1. The molecule has 1 aliphatic heterocycles. The number of hydrogen-bond acceptors (Lipinski definition) is 2. The fourth-order valence-corrected chi connectivity index (χ4v) is 1.69. The van der Waals surface area contributed by atoms with Gasteiger partial charge in [-0.25, -0.2) is 4.79 Å². The summed E-state index contributed by atoms with van der Waals surface area (Å²) in [6, 6.07) is 0.0794. The highest BCUT2D eigenvalue weighted by Gasteiger charge is 2.29. The molecule has 0 unspecified atom stereocenters. The van der Waals surface area contributed by atoms with Crippen LogP contribution in [0.5, 0.6) is 0 Å². The Labute approximate surface area is 97.9 Å². The maximum atomic E-state index is 12.3. The second kappa shape index (κ2) is 5.34. The van der Waals surface area contributed by atoms with Crippen LogP contribution in [0.3, 0.4) is 0 Å². The number of rotatable bonds is 2. The third-order valence-electron chi connectivity index (χ3n) is 2.63. The summed E-state index contributed by atoms with van der Waals surface area (Å²) in [6.45, 7) is 13.0. The van der Waals surface area contributed by atoms with Crippen LogP contribution in [-0.2, 0) is 4.74 Å². The van der Waals surface area contributed by atoms with Crippen LogP contribution in [0, 0.1) is 0 Å². The molecule has 0 radical (unpaired) electrons. The zero-order valence-corrected chi connectivity index (χ0v) is 10.5. The molecule has 0 atom stereocenters. The van der Waals surface area contributed by atoms with Crippen LogP contribution >= 0.6 is 0 Å². The van der Waals surface area contributed by atoms with Gasteiger partial charge in [0, 0.05) is 25.2 Å². The molecule has 1 rings (SSSR count). The highest BCUT2D eigenvalue weighted by molar-refractivity contribution is 5.75. The standard InChI is InChI=1S/C12H22N2O2/c1-5-6-14(12(2,3)4)11(15)13-7-9-16-10-8-13/h5H,1,6-10H2,2-4H3. The molecule has 4 nitrogen and oxygen atoms in total. The van der Waals surface area contributed by atoms with Gasteiger partial charge >= 0.3 is 6.03 Å². The fraction of sp³-hybridized carbons (Fsp3) is 0.750. The molecule has 92 valence electrons. The lowest BCUT2D eigenvalue weighted by atomic mass is 10.1. The molecular weight excluding hydrogens is 204 g/mol. The van der Waals surface area contributed by atoms with E-state index in [0.717, 1.165) is 0 Å². The molecule has 0 aliphatic carbocycles. The molecule has 1 aliphatic rings. The van der Waals surface area contributed by atoms with Gasteiger partial charge < -0.3 is 14.5 Å². The first-order valence-electron chi connectivity index (χ1n) is 5.72. The van der Waals surface area contributed by atoms with Crippen molar-refractivity contribution in [1.82, 2.24) is 9.80 Å². The summed E-state index contributed by atoms with van der Waals surface area (Å²) in [7, 11) is 0. The summed E-state index contributed by atoms with van der Waals surface area (Å²) >= 11 is 0. The summed E-state index contributed by atoms with van der Waals surface area (Å²) in [5.41, 5.74) is -0.177. The zero-order valence-electron chi connectivity index (χ0n) is 10.5. The lowest BCUT2D eigenvalue weighted by molar-refractivity contribution is 0.0356. The molecule has 0 bridgehead atoms. The molecule has 0 aromatic carbocycles. The molecule has 16 heavy (non-hydrogen) atoms. The highest BCUT2D eigenvalue weighted by atomic mass is 16.5. The normalized spacial score (nSPS) is 17.1. The van der Waals surface area contributed by atoms with E-state index >= 15 is 0 Å². The van der Waals surface area contributed by atoms with E-state index < -0.39 is 0 Å². The predicted octanol–water partition coefficient (Wildman–Crippen LogP) is 1.73. The monoisotopic (exact) mass is 226 g/mol. The molecular formula is C12H22N2O2. The van der Waals surface area contributed by atoms with Crippen LogP contribution in [-0.4, -0.2) is 54.2 Å². The van der Waals surface area contributed by atoms with Gasteiger partial charge in [-0.3, -0.25) is 0 Å². The van der Waals surface area contributed by atoms with E-state index in [1.54, 1.807) is 6.08 Å². The van der Waals surface area contributed by atoms with Gasteiger partial charge in [0.05, 0.1) is 13.2 Å². The number of carbonyl (C=O) groups is 1. The Balaban J connectivity index is 2.69. The average molecular weight is 226 g/mol. The van der Waals surface area contributed by atoms with Crippen LogP contribution in [0.25, 0.3) is 0 Å². The molecule has 1 heterocycles. The second-order valence-corrected chi connectivity index (χ2v) is 4.95. The van der Waals surface area contributed by atoms with E-state index in [1.807, 2.05) is 30.6 Å². The topological polar surface area (TPSA) is 32.8 Å². The van der Waals surface area contributed by atoms with Crippen LogP contribution in [0.4, 0.5) is 4.79 Å². The molecule has 0 N–H and O–H groups in total. The largest absolute Gasteiger partial charge is 0.378 e. The maximum Gasteiger partial charge on any atom is 0.320 e. The van der Waals surface area contributed by atoms with Gasteiger partial charge in [0.15, 0.2) is 0 Å². The maximum absolute atomic E-state index is 12.3. The Morgan fingerprint density at radius 1 is 1.44 bits per heavy atom. The number of carbonyl (C=O) groups excluding carboxylic acids is 1. The molecule has 0 spiro atoms. The van der Waals surface area contributed by atoms with Crippen molar-refractivity contribution in [3.8, 4) is 0 Å². The molecule has 0 aromatic rings. The fourth-order valence-electron chi connectivity index (χ4n) is 1.69. The van der Waals surface area contributed by atoms with Gasteiger partial charge in [-0.1, -0.05) is 6.08 Å². The Morgan fingerprint density at radius 2 is 2.00 bits per heavy atom. The number of nitrogens with zero attached hydrogens (tertiary/aromatic N) is 2. The van der Waals surface area contributed by atoms with Crippen molar-refractivity contribution in [2.45, 2.75) is 26.3 Å². The van der Waals surface area contributed by atoms with E-state index in [-0.39, 0.29) is 11.6 Å². The van der Waals surface area contributed by atoms with Crippen molar-refractivity contribution in [1.29, 1.82) is 0 Å². The molecule has 0 aromatic heterocycles. The Morgan fingerprint density at radius 3 is 2.44 bits per heavy atom. The molecule has 1 saturated heterocycles. The smallest absolute Gasteiger partial charge is 0.320 e. The van der Waals surface area contributed by atoms with E-state index in [1.165, 1.54) is 0 Å². The molecule has 1 fully saturated rings. The van der Waals surface area contributed by atoms with Gasteiger partial charge in [0.25, 0.3) is 0 Å². The number of urea groups is 1. The quantitative estimate of drug-likeness (QED) is 0.672. The van der Waals surface area contributed by atoms with E-state index in [4.69, 9.17) is 4.74 Å². The third-order valence-corrected chi connectivity index (χ3v) is 2.63. The first-order chi connectivity index (χ1) is 7.46. The van der Waals surface area contributed by atoms with Gasteiger partial charge in [0.2, 0.25) is 0 Å². The summed E-state index contributed by atoms with van der Waals surface area (Å²) in [4.78, 5) is 16.0. The Bertz CT molecular complexity index is 252. The third kappa shape index (κ3) is 3.23. The van der Waals surface area contributed by atoms with Crippen molar-refractivity contribution in [3.05, 3.63) is 12.7 Å². The number of amides is 2. The average Bonchev–Trinajstić information content (AvgIpc) is 2.25. The van der Waals surface area contributed by atoms with Crippen molar-refractivity contribution in [2.24, 2.45) is 0 Å². The first-order valence-corrected chi connectivity index (χ1v) is 5.72. The van der Waals surface area contributed by atoms with E-state index in [9.17, 15) is 4.79 Å². The van der Waals surface area contributed by atoms with Crippen molar-refractivity contribution in [2.75, 3.05) is 32.8 Å². The highest BCUT2D eigenvalue weighted by Crippen LogP contribution is 2.16. The Hall–Kier alpha value is -1.03.